The summed E-state index contributed by atoms with van der Waals surface area (Å²) in [5, 5.41) is 27.6. The van der Waals surface area contributed by atoms with Crippen LogP contribution in [0.5, 0.6) is 0 Å². The van der Waals surface area contributed by atoms with Crippen molar-refractivity contribution in [3.05, 3.63) is 23.4 Å². The van der Waals surface area contributed by atoms with Crippen LogP contribution in [0, 0.1) is 11.3 Å². The fraction of sp³-hybridized carbons (Fsp3) is 0.417. The van der Waals surface area contributed by atoms with Crippen LogP contribution in [0.3, 0.4) is 0 Å². The summed E-state index contributed by atoms with van der Waals surface area (Å²) in [7, 11) is 0. The first kappa shape index (κ1) is 15.1. The van der Waals surface area contributed by atoms with Crippen molar-refractivity contribution in [2.45, 2.75) is 24.7 Å². The number of anilines is 1. The van der Waals surface area contributed by atoms with Crippen LogP contribution in [0.2, 0.25) is 0 Å². The predicted molar refractivity (Wildman–Crippen MR) is 63.3 cm³/mol. The highest BCUT2D eigenvalue weighted by Crippen LogP contribution is 2.33. The smallest absolute Gasteiger partial charge is 0.433 e. The molecule has 0 saturated carbocycles. The normalized spacial score (nSPS) is 22.1. The molecule has 1 aliphatic rings. The number of aromatic nitrogens is 1. The van der Waals surface area contributed by atoms with Gasteiger partial charge in [-0.1, -0.05) is 0 Å². The highest BCUT2D eigenvalue weighted by molar-refractivity contribution is 5.79. The van der Waals surface area contributed by atoms with Gasteiger partial charge in [0.1, 0.15) is 23.6 Å². The van der Waals surface area contributed by atoms with E-state index in [1.807, 2.05) is 0 Å². The third-order valence-corrected chi connectivity index (χ3v) is 3.12. The first-order valence-electron chi connectivity index (χ1n) is 5.90. The van der Waals surface area contributed by atoms with Gasteiger partial charge < -0.3 is 15.1 Å². The number of aliphatic hydroxyl groups excluding tert-OH is 1. The van der Waals surface area contributed by atoms with Crippen molar-refractivity contribution in [3.8, 4) is 6.07 Å². The molecular weight excluding hydrogens is 291 g/mol. The summed E-state index contributed by atoms with van der Waals surface area (Å²) in [5.74, 6) is -1.68. The number of nitrogens with zero attached hydrogens (tertiary/aromatic N) is 3. The fourth-order valence-corrected chi connectivity index (χ4v) is 2.19. The Kier molecular flexibility index (Phi) is 3.74. The second kappa shape index (κ2) is 5.21. The first-order valence-corrected chi connectivity index (χ1v) is 5.90. The highest BCUT2D eigenvalue weighted by atomic mass is 19.4. The van der Waals surface area contributed by atoms with E-state index in [9.17, 15) is 23.1 Å². The van der Waals surface area contributed by atoms with Crippen LogP contribution in [0.25, 0.3) is 0 Å². The molecule has 1 fully saturated rings. The van der Waals surface area contributed by atoms with E-state index in [2.05, 4.69) is 4.98 Å². The maximum Gasteiger partial charge on any atom is 0.433 e. The molecule has 0 aliphatic carbocycles. The third-order valence-electron chi connectivity index (χ3n) is 3.12. The number of nitriles is 1. The summed E-state index contributed by atoms with van der Waals surface area (Å²) >= 11 is 0. The number of halogens is 3. The van der Waals surface area contributed by atoms with Gasteiger partial charge in [0.05, 0.1) is 11.7 Å². The summed E-state index contributed by atoms with van der Waals surface area (Å²) in [6.45, 7) is -0.194. The molecule has 2 heterocycles. The van der Waals surface area contributed by atoms with Gasteiger partial charge in [0.15, 0.2) is 0 Å². The zero-order valence-corrected chi connectivity index (χ0v) is 10.5. The van der Waals surface area contributed by atoms with Crippen molar-refractivity contribution in [3.63, 3.8) is 0 Å². The van der Waals surface area contributed by atoms with Crippen LogP contribution in [-0.2, 0) is 11.0 Å². The molecule has 1 aromatic heterocycles. The molecule has 1 aliphatic heterocycles. The Morgan fingerprint density at radius 2 is 2.14 bits per heavy atom. The van der Waals surface area contributed by atoms with Crippen molar-refractivity contribution in [1.29, 1.82) is 5.26 Å². The monoisotopic (exact) mass is 301 g/mol. The number of carbonyl (C=O) groups is 1. The van der Waals surface area contributed by atoms with Gasteiger partial charge in [-0.25, -0.2) is 9.78 Å². The van der Waals surface area contributed by atoms with E-state index in [-0.39, 0.29) is 24.3 Å². The average Bonchev–Trinajstić information content (AvgIpc) is 2.79. The molecule has 9 heteroatoms. The molecule has 2 rings (SSSR count). The molecule has 0 bridgehead atoms. The van der Waals surface area contributed by atoms with E-state index in [4.69, 9.17) is 10.4 Å². The second-order valence-corrected chi connectivity index (χ2v) is 4.57. The minimum atomic E-state index is -4.71. The molecule has 0 amide bonds. The Hall–Kier alpha value is -2.34. The van der Waals surface area contributed by atoms with Crippen LogP contribution < -0.4 is 4.90 Å². The van der Waals surface area contributed by atoms with E-state index >= 15 is 0 Å². The number of carboxylic acids is 1. The quantitative estimate of drug-likeness (QED) is 0.845. The van der Waals surface area contributed by atoms with E-state index in [0.29, 0.717) is 6.07 Å². The van der Waals surface area contributed by atoms with Gasteiger partial charge in [0.2, 0.25) is 0 Å². The van der Waals surface area contributed by atoms with Crippen molar-refractivity contribution >= 4 is 11.8 Å². The number of carboxylic acid groups (broad SMARTS) is 1. The largest absolute Gasteiger partial charge is 0.480 e. The predicted octanol–water partition coefficient (Wildman–Crippen LogP) is 0.996. The molecule has 112 valence electrons. The lowest BCUT2D eigenvalue weighted by Gasteiger charge is -2.23. The Morgan fingerprint density at radius 1 is 1.48 bits per heavy atom. The Labute approximate surface area is 117 Å². The Bertz CT molecular complexity index is 612. The Morgan fingerprint density at radius 3 is 2.67 bits per heavy atom. The number of hydrogen-bond acceptors (Lipinski definition) is 5. The molecule has 2 N–H and O–H groups in total. The van der Waals surface area contributed by atoms with Crippen molar-refractivity contribution in [1.82, 2.24) is 4.98 Å². The van der Waals surface area contributed by atoms with Gasteiger partial charge in [-0.2, -0.15) is 18.4 Å². The number of alkyl halides is 3. The van der Waals surface area contributed by atoms with Gasteiger partial charge in [-0.15, -0.1) is 0 Å². The molecule has 1 saturated heterocycles. The zero-order valence-electron chi connectivity index (χ0n) is 10.5. The van der Waals surface area contributed by atoms with E-state index in [1.54, 1.807) is 6.07 Å². The summed E-state index contributed by atoms with van der Waals surface area (Å²) in [6.07, 6.45) is -5.85. The second-order valence-electron chi connectivity index (χ2n) is 4.57. The lowest BCUT2D eigenvalue weighted by molar-refractivity contribution is -0.141. The molecule has 2 unspecified atom stereocenters. The average molecular weight is 301 g/mol. The van der Waals surface area contributed by atoms with Crippen molar-refractivity contribution < 1.29 is 28.2 Å². The lowest BCUT2D eigenvalue weighted by atomic mass is 10.2. The molecule has 0 radical (unpaired) electrons. The molecule has 0 spiro atoms. The number of rotatable bonds is 2. The van der Waals surface area contributed by atoms with Crippen molar-refractivity contribution in [2.24, 2.45) is 0 Å². The standard InChI is InChI=1S/C12H10F3N3O3/c13-12(14,15)9-2-1-6(4-16)10(17-9)18-5-7(19)3-8(18)11(20)21/h1-2,7-8,19H,3,5H2,(H,20,21). The highest BCUT2D eigenvalue weighted by Gasteiger charge is 2.40. The number of aliphatic carboxylic acids is 1. The van der Waals surface area contributed by atoms with Crippen LogP contribution >= 0.6 is 0 Å². The number of β-amino-alcohol motifs (C(OH)–C–C–N with tert-alkyl or cyclic N) is 1. The van der Waals surface area contributed by atoms with Crippen LogP contribution in [0.4, 0.5) is 19.0 Å². The summed E-state index contributed by atoms with van der Waals surface area (Å²) in [5.41, 5.74) is -1.40. The number of aliphatic hydroxyl groups is 1. The molecular formula is C12H10F3N3O3. The van der Waals surface area contributed by atoms with Gasteiger partial charge in [0, 0.05) is 13.0 Å². The third kappa shape index (κ3) is 2.90. The maximum atomic E-state index is 12.7. The fourth-order valence-electron chi connectivity index (χ4n) is 2.19. The maximum absolute atomic E-state index is 12.7. The summed E-state index contributed by atoms with van der Waals surface area (Å²) in [6, 6.07) is 2.06. The first-order chi connectivity index (χ1) is 9.74. The topological polar surface area (TPSA) is 97.5 Å². The van der Waals surface area contributed by atoms with Gasteiger partial charge in [-0.05, 0) is 12.1 Å². The van der Waals surface area contributed by atoms with Gasteiger partial charge in [-0.3, -0.25) is 0 Å². The Balaban J connectivity index is 2.51. The SMILES string of the molecule is N#Cc1ccc(C(F)(F)F)nc1N1CC(O)CC1C(=O)O. The number of hydrogen-bond donors (Lipinski definition) is 2. The molecule has 0 aromatic carbocycles. The minimum absolute atomic E-state index is 0.141. The zero-order chi connectivity index (χ0) is 15.8. The van der Waals surface area contributed by atoms with Crippen LogP contribution in [0.15, 0.2) is 12.1 Å². The summed E-state index contributed by atoms with van der Waals surface area (Å²) in [4.78, 5) is 15.5. The minimum Gasteiger partial charge on any atom is -0.480 e. The van der Waals surface area contributed by atoms with Gasteiger partial charge >= 0.3 is 12.1 Å². The molecule has 1 aromatic rings. The van der Waals surface area contributed by atoms with Crippen molar-refractivity contribution in [2.75, 3.05) is 11.4 Å². The van der Waals surface area contributed by atoms with Crippen LogP contribution in [0.1, 0.15) is 17.7 Å². The van der Waals surface area contributed by atoms with E-state index in [1.165, 1.54) is 0 Å². The lowest BCUT2D eigenvalue weighted by Crippen LogP contribution is -2.37. The summed E-state index contributed by atoms with van der Waals surface area (Å²) < 4.78 is 38.1. The van der Waals surface area contributed by atoms with Gasteiger partial charge in [0.25, 0.3) is 0 Å². The number of pyridine rings is 1. The van der Waals surface area contributed by atoms with Crippen LogP contribution in [-0.4, -0.2) is 39.9 Å². The molecule has 6 nitrogen and oxygen atoms in total. The molecule has 21 heavy (non-hydrogen) atoms. The van der Waals surface area contributed by atoms with E-state index in [0.717, 1.165) is 11.0 Å². The molecule has 2 atom stereocenters. The van der Waals surface area contributed by atoms with E-state index < -0.39 is 30.0 Å².